The third kappa shape index (κ3) is 2.26. The van der Waals surface area contributed by atoms with E-state index < -0.39 is 9.84 Å². The molecule has 4 rings (SSSR count). The van der Waals surface area contributed by atoms with Gasteiger partial charge in [-0.2, -0.15) is 4.98 Å². The Kier molecular flexibility index (Phi) is 3.32. The van der Waals surface area contributed by atoms with Crippen molar-refractivity contribution in [2.24, 2.45) is 5.92 Å². The first kappa shape index (κ1) is 15.4. The van der Waals surface area contributed by atoms with Gasteiger partial charge in [0.2, 0.25) is 5.95 Å². The molecule has 0 amide bonds. The van der Waals surface area contributed by atoms with Gasteiger partial charge >= 0.3 is 0 Å². The van der Waals surface area contributed by atoms with E-state index in [-0.39, 0.29) is 12.0 Å². The largest absolute Gasteiger partial charge is 0.368 e. The Morgan fingerprint density at radius 3 is 2.67 bits per heavy atom. The SMILES string of the molecule is CC1C2CCC2c2cc(S(C)(=O)=O)ccc2N1c1ccnc(N)n1. The van der Waals surface area contributed by atoms with Crippen LogP contribution in [-0.2, 0) is 9.84 Å². The zero-order valence-corrected chi connectivity index (χ0v) is 14.5. The average molecular weight is 344 g/mol. The summed E-state index contributed by atoms with van der Waals surface area (Å²) in [5.74, 6) is 1.93. The van der Waals surface area contributed by atoms with Crippen LogP contribution in [0.3, 0.4) is 0 Å². The van der Waals surface area contributed by atoms with Gasteiger partial charge in [0.05, 0.1) is 4.90 Å². The highest BCUT2D eigenvalue weighted by Gasteiger charge is 2.45. The molecule has 1 aliphatic carbocycles. The molecule has 1 fully saturated rings. The fourth-order valence-corrected chi connectivity index (χ4v) is 4.67. The summed E-state index contributed by atoms with van der Waals surface area (Å²) in [7, 11) is -3.22. The molecule has 1 aromatic carbocycles. The van der Waals surface area contributed by atoms with E-state index in [0.717, 1.165) is 29.9 Å². The third-order valence-electron chi connectivity index (χ3n) is 5.35. The molecule has 7 heteroatoms. The van der Waals surface area contributed by atoms with Crippen molar-refractivity contribution in [1.82, 2.24) is 9.97 Å². The summed E-state index contributed by atoms with van der Waals surface area (Å²) in [5.41, 5.74) is 7.88. The van der Waals surface area contributed by atoms with Gasteiger partial charge in [-0.15, -0.1) is 0 Å². The maximum absolute atomic E-state index is 11.9. The van der Waals surface area contributed by atoms with Crippen molar-refractivity contribution < 1.29 is 8.42 Å². The van der Waals surface area contributed by atoms with Gasteiger partial charge in [0, 0.05) is 24.2 Å². The number of hydrogen-bond donors (Lipinski definition) is 1. The number of aromatic nitrogens is 2. The lowest BCUT2D eigenvalue weighted by molar-refractivity contribution is 0.207. The van der Waals surface area contributed by atoms with Gasteiger partial charge in [0.1, 0.15) is 5.82 Å². The van der Waals surface area contributed by atoms with Crippen molar-refractivity contribution in [3.8, 4) is 0 Å². The Hall–Kier alpha value is -2.15. The Balaban J connectivity index is 1.89. The van der Waals surface area contributed by atoms with Crippen LogP contribution in [0, 0.1) is 5.92 Å². The molecule has 0 radical (unpaired) electrons. The van der Waals surface area contributed by atoms with Crippen LogP contribution in [-0.4, -0.2) is 30.7 Å². The molecule has 1 saturated carbocycles. The van der Waals surface area contributed by atoms with Crippen molar-refractivity contribution >= 4 is 27.3 Å². The number of hydrogen-bond acceptors (Lipinski definition) is 6. The summed E-state index contributed by atoms with van der Waals surface area (Å²) in [6.07, 6.45) is 5.16. The predicted octanol–water partition coefficient (Wildman–Crippen LogP) is 2.50. The Labute approximate surface area is 141 Å². The van der Waals surface area contributed by atoms with Gasteiger partial charge in [-0.3, -0.25) is 0 Å². The molecule has 0 bridgehead atoms. The number of sulfone groups is 1. The predicted molar refractivity (Wildman–Crippen MR) is 93.1 cm³/mol. The van der Waals surface area contributed by atoms with E-state index in [4.69, 9.17) is 5.73 Å². The summed E-state index contributed by atoms with van der Waals surface area (Å²) >= 11 is 0. The lowest BCUT2D eigenvalue weighted by atomic mass is 9.64. The molecule has 2 N–H and O–H groups in total. The van der Waals surface area contributed by atoms with Crippen LogP contribution in [0.25, 0.3) is 0 Å². The quantitative estimate of drug-likeness (QED) is 0.900. The number of rotatable bonds is 2. The normalized spacial score (nSPS) is 25.6. The molecule has 3 atom stereocenters. The second-order valence-corrected chi connectivity index (χ2v) is 8.74. The second kappa shape index (κ2) is 5.17. The summed E-state index contributed by atoms with van der Waals surface area (Å²) < 4.78 is 23.9. The first-order valence-electron chi connectivity index (χ1n) is 8.08. The highest BCUT2D eigenvalue weighted by atomic mass is 32.2. The molecule has 24 heavy (non-hydrogen) atoms. The van der Waals surface area contributed by atoms with Crippen molar-refractivity contribution in [1.29, 1.82) is 0 Å². The third-order valence-corrected chi connectivity index (χ3v) is 6.46. The van der Waals surface area contributed by atoms with Crippen molar-refractivity contribution in [2.45, 2.75) is 36.6 Å². The van der Waals surface area contributed by atoms with E-state index in [1.165, 1.54) is 6.26 Å². The van der Waals surface area contributed by atoms with Gasteiger partial charge in [-0.05, 0) is 61.4 Å². The molecule has 2 heterocycles. The molecule has 2 aliphatic rings. The zero-order valence-electron chi connectivity index (χ0n) is 13.7. The first-order chi connectivity index (χ1) is 11.4. The highest BCUT2D eigenvalue weighted by Crippen LogP contribution is 2.54. The van der Waals surface area contributed by atoms with E-state index in [9.17, 15) is 8.42 Å². The van der Waals surface area contributed by atoms with Crippen molar-refractivity contribution in [3.63, 3.8) is 0 Å². The number of benzene rings is 1. The summed E-state index contributed by atoms with van der Waals surface area (Å²) in [4.78, 5) is 10.9. The van der Waals surface area contributed by atoms with Crippen molar-refractivity contribution in [3.05, 3.63) is 36.0 Å². The van der Waals surface area contributed by atoms with Gasteiger partial charge in [0.25, 0.3) is 0 Å². The van der Waals surface area contributed by atoms with E-state index in [1.54, 1.807) is 12.3 Å². The number of nitrogens with zero attached hydrogens (tertiary/aromatic N) is 3. The number of nitrogen functional groups attached to an aromatic ring is 1. The van der Waals surface area contributed by atoms with Crippen LogP contribution in [0.15, 0.2) is 35.4 Å². The lowest BCUT2D eigenvalue weighted by Crippen LogP contribution is -2.47. The lowest BCUT2D eigenvalue weighted by Gasteiger charge is -2.51. The second-order valence-electron chi connectivity index (χ2n) is 6.72. The summed E-state index contributed by atoms with van der Waals surface area (Å²) in [6.45, 7) is 2.20. The smallest absolute Gasteiger partial charge is 0.221 e. The molecular formula is C17H20N4O2S. The Morgan fingerprint density at radius 2 is 2.04 bits per heavy atom. The summed E-state index contributed by atoms with van der Waals surface area (Å²) in [5, 5.41) is 0. The van der Waals surface area contributed by atoms with Crippen LogP contribution in [0.4, 0.5) is 17.5 Å². The first-order valence-corrected chi connectivity index (χ1v) is 9.97. The monoisotopic (exact) mass is 344 g/mol. The van der Waals surface area contributed by atoms with Gasteiger partial charge < -0.3 is 10.6 Å². The van der Waals surface area contributed by atoms with E-state index in [1.807, 2.05) is 18.2 Å². The molecule has 0 saturated heterocycles. The fraction of sp³-hybridized carbons (Fsp3) is 0.412. The molecule has 0 spiro atoms. The number of nitrogens with two attached hydrogens (primary N) is 1. The van der Waals surface area contributed by atoms with E-state index in [2.05, 4.69) is 21.8 Å². The molecule has 1 aromatic heterocycles. The van der Waals surface area contributed by atoms with Crippen LogP contribution in [0.1, 0.15) is 31.2 Å². The standard InChI is InChI=1S/C17H20N4O2S/c1-10-12-4-5-13(12)14-9-11(24(2,22)23)3-6-15(14)21(10)16-7-8-19-17(18)20-16/h3,6-10,12-13H,4-5H2,1-2H3,(H2,18,19,20). The molecule has 2 aromatic rings. The van der Waals surface area contributed by atoms with E-state index >= 15 is 0 Å². The highest BCUT2D eigenvalue weighted by molar-refractivity contribution is 7.90. The van der Waals surface area contributed by atoms with Crippen LogP contribution in [0.5, 0.6) is 0 Å². The number of fused-ring (bicyclic) bond motifs is 3. The zero-order chi connectivity index (χ0) is 17.1. The van der Waals surface area contributed by atoms with Crippen LogP contribution >= 0.6 is 0 Å². The molecule has 126 valence electrons. The van der Waals surface area contributed by atoms with Crippen molar-refractivity contribution in [2.75, 3.05) is 16.9 Å². The number of anilines is 3. The Bertz CT molecular complexity index is 913. The van der Waals surface area contributed by atoms with Crippen LogP contribution in [0.2, 0.25) is 0 Å². The van der Waals surface area contributed by atoms with E-state index in [0.29, 0.717) is 16.7 Å². The van der Waals surface area contributed by atoms with Gasteiger partial charge in [-0.25, -0.2) is 13.4 Å². The average Bonchev–Trinajstić information content (AvgIpc) is 2.46. The molecule has 6 nitrogen and oxygen atoms in total. The minimum atomic E-state index is -3.22. The minimum Gasteiger partial charge on any atom is -0.368 e. The topological polar surface area (TPSA) is 89.2 Å². The summed E-state index contributed by atoms with van der Waals surface area (Å²) in [6, 6.07) is 7.55. The van der Waals surface area contributed by atoms with Gasteiger partial charge in [0.15, 0.2) is 9.84 Å². The maximum atomic E-state index is 11.9. The fourth-order valence-electron chi connectivity index (χ4n) is 4.01. The maximum Gasteiger partial charge on any atom is 0.221 e. The minimum absolute atomic E-state index is 0.240. The Morgan fingerprint density at radius 1 is 1.25 bits per heavy atom. The molecular weight excluding hydrogens is 324 g/mol. The van der Waals surface area contributed by atoms with Crippen LogP contribution < -0.4 is 10.6 Å². The molecule has 1 aliphatic heterocycles. The van der Waals surface area contributed by atoms with Gasteiger partial charge in [-0.1, -0.05) is 0 Å². The molecule has 3 unspecified atom stereocenters.